The zero-order valence-electron chi connectivity index (χ0n) is 76.5. The van der Waals surface area contributed by atoms with E-state index in [0.717, 1.165) is 94.6 Å². The largest absolute Gasteiger partial charge is 0.366 e. The number of hydrogen-bond acceptors (Lipinski definition) is 23. The molecule has 31 heterocycles. The number of aromatic nitrogens is 39. The third-order valence-electron chi connectivity index (χ3n) is 20.6. The van der Waals surface area contributed by atoms with Crippen LogP contribution in [0.15, 0.2) is 486 Å². The number of rotatable bonds is 0. The van der Waals surface area contributed by atoms with Gasteiger partial charge in [0.25, 0.3) is 0 Å². The molecule has 0 atom stereocenters. The van der Waals surface area contributed by atoms with E-state index < -0.39 is 0 Å². The van der Waals surface area contributed by atoms with E-state index in [0.29, 0.717) is 5.65 Å². The van der Waals surface area contributed by atoms with Crippen molar-refractivity contribution in [3.8, 4) is 0 Å². The van der Waals surface area contributed by atoms with Gasteiger partial charge in [0.05, 0.1) is 113 Å². The quantitative estimate of drug-likeness (QED) is 0.0821. The summed E-state index contributed by atoms with van der Waals surface area (Å²) in [6.07, 6.45) is 76.4. The summed E-state index contributed by atoms with van der Waals surface area (Å²) in [5.41, 5.74) is 18.8. The molecule has 1 aromatic carbocycles. The molecule has 0 amide bonds. The Bertz CT molecular complexity index is 6590. The van der Waals surface area contributed by atoms with Crippen LogP contribution in [-0.4, -0.2) is 190 Å². The Morgan fingerprint density at radius 2 is 0.804 bits per heavy atom. The Morgan fingerprint density at radius 1 is 0.266 bits per heavy atom. The van der Waals surface area contributed by atoms with Gasteiger partial charge in [0.15, 0.2) is 33.9 Å². The number of pyridine rings is 10. The molecule has 143 heavy (non-hydrogen) atoms. The smallest absolute Gasteiger partial charge is 0.180 e. The van der Waals surface area contributed by atoms with Gasteiger partial charge >= 0.3 is 0 Å². The number of nitrogens with one attached hydrogen (secondary N) is 6. The molecule has 6 N–H and O–H groups in total. The van der Waals surface area contributed by atoms with Gasteiger partial charge in [-0.1, -0.05) is 60.7 Å². The number of fused-ring (bicyclic) bond motifs is 16. The molecule has 1 aliphatic rings. The molecule has 1 aliphatic heterocycles. The monoisotopic (exact) mass is 1890 g/mol. The van der Waals surface area contributed by atoms with E-state index in [2.05, 4.69) is 197 Å². The van der Waals surface area contributed by atoms with Crippen LogP contribution in [0.2, 0.25) is 0 Å². The number of aryl methyl sites for hydroxylation is 2. The van der Waals surface area contributed by atoms with Crippen LogP contribution < -0.4 is 0 Å². The second-order valence-corrected chi connectivity index (χ2v) is 30.0. The zero-order chi connectivity index (χ0) is 97.0. The van der Waals surface area contributed by atoms with E-state index in [4.69, 9.17) is 0 Å². The molecule has 39 nitrogen and oxygen atoms in total. The van der Waals surface area contributed by atoms with Crippen molar-refractivity contribution < 1.29 is 0 Å². The van der Waals surface area contributed by atoms with Crippen molar-refractivity contribution in [1.29, 1.82) is 0 Å². The Labute approximate surface area is 812 Å². The van der Waals surface area contributed by atoms with E-state index in [-0.39, 0.29) is 0 Å². The van der Waals surface area contributed by atoms with Crippen LogP contribution in [0.4, 0.5) is 0 Å². The summed E-state index contributed by atoms with van der Waals surface area (Å²) in [6, 6.07) is 75.5. The van der Waals surface area contributed by atoms with Crippen molar-refractivity contribution in [2.45, 2.75) is 19.4 Å². The van der Waals surface area contributed by atoms with E-state index in [1.54, 1.807) is 148 Å². The highest BCUT2D eigenvalue weighted by Crippen LogP contribution is 2.15. The minimum absolute atomic E-state index is 0.713. The number of imidazole rings is 8. The van der Waals surface area contributed by atoms with Crippen LogP contribution in [0.25, 0.3) is 117 Å². The van der Waals surface area contributed by atoms with Crippen molar-refractivity contribution in [2.24, 2.45) is 0 Å². The van der Waals surface area contributed by atoms with Gasteiger partial charge in [0, 0.05) is 184 Å². The minimum Gasteiger partial charge on any atom is -0.366 e. The van der Waals surface area contributed by atoms with Gasteiger partial charge in [-0.3, -0.25) is 28.9 Å². The molecule has 0 fully saturated rings. The topological polar surface area (TPSA) is 436 Å². The number of nitrogens with zero attached hydrogens (tertiary/aromatic N) is 33. The first kappa shape index (κ1) is 93.9. The van der Waals surface area contributed by atoms with E-state index >= 15 is 0 Å². The fourth-order valence-corrected chi connectivity index (χ4v) is 13.7. The molecule has 0 spiro atoms. The highest BCUT2D eigenvalue weighted by atomic mass is 15.3. The normalized spacial score (nSPS) is 10.6. The third kappa shape index (κ3) is 27.4. The number of aromatic amines is 6. The minimum atomic E-state index is 0.713. The lowest BCUT2D eigenvalue weighted by Gasteiger charge is -1.90. The molecule has 0 saturated carbocycles. The molecule has 39 heteroatoms. The van der Waals surface area contributed by atoms with E-state index in [9.17, 15) is 0 Å². The lowest BCUT2D eigenvalue weighted by molar-refractivity contribution is 0.750. The van der Waals surface area contributed by atoms with Crippen LogP contribution in [0.3, 0.4) is 0 Å². The standard InChI is InChI=1S/2C8H7N.4C7H6N2.C7H9N.8C6H5N3.C5H4N4/c1-2-6-9-7-3-5-8(9)4-1;1-2-4-8-6-9-5-7(8)3-1;1-3-7-4-2-6-9(7)8-5-1;1-2-6-9-7(3-1)4-5-8-9;1-2-5-9-6-4-8-7(9)3-1;1-2-4-9-6-8-5-7(9)3-1;1-3-7-4-2-6-8(7)5-1;1-3-9-4-2-8-6(9)5-7-1;2*1-2-7-3-6-5(1)8-4-9-6;1-2-7-5-9-4-3-8-6(1)9;1-2-5-6(7-3-1)9-4-8-5;1-2-5-4-8-9-6(5)7-3-1;1-2-4-9-5-7-8-6(9)3-1;1-2-4-9-6(3-1)7-5-8-9;1-4-5(8-2-6-1)9-3-7-4/h1-7H;1-6,9H;4*1-6H;1,3,5H,2,4,6H2;1-5H;2*1-4H,(H,8,9);1-5H;2*1-4H,(H,7,8,9);2*1-5H;1-3H,(H,6,7,8,9). The van der Waals surface area contributed by atoms with Gasteiger partial charge in [0.1, 0.15) is 42.1 Å². The molecule has 31 aromatic rings. The van der Waals surface area contributed by atoms with Crippen LogP contribution >= 0.6 is 0 Å². The summed E-state index contributed by atoms with van der Waals surface area (Å²) in [4.78, 5) is 82.1. The highest BCUT2D eigenvalue weighted by Gasteiger charge is 2.07. The van der Waals surface area contributed by atoms with Crippen LogP contribution in [0.5, 0.6) is 0 Å². The average Bonchev–Trinajstić information content (AvgIpc) is 1.72. The molecule has 702 valence electrons. The van der Waals surface area contributed by atoms with E-state index in [1.807, 2.05) is 318 Å². The Balaban J connectivity index is 0.000000105. The average molecular weight is 1890 g/mol. The van der Waals surface area contributed by atoms with Crippen LogP contribution in [0.1, 0.15) is 12.1 Å². The Morgan fingerprint density at radius 3 is 1.52 bits per heavy atom. The number of hydrogen-bond donors (Lipinski definition) is 6. The van der Waals surface area contributed by atoms with Crippen molar-refractivity contribution in [2.75, 3.05) is 0 Å². The molecule has 0 unspecified atom stereocenters. The first-order valence-corrected chi connectivity index (χ1v) is 44.6. The van der Waals surface area contributed by atoms with E-state index in [1.165, 1.54) is 54.0 Å². The fraction of sp³-hybridized carbons (Fsp3) is 0.0288. The van der Waals surface area contributed by atoms with Crippen molar-refractivity contribution in [3.63, 3.8) is 0 Å². The SMILES string of the molecule is c1cc2n(c1)CCC2.c1cc2nc[nH]c2cn1.c1cc2nc[nH]c2cn1.c1cc2nccn2cn1.c1ccc2c[nH]cc2c1.c1ccn2cccc2c1.c1ccn2ccnc2c1.c1ccn2cncc2c1.c1ccn2cnnc2c1.c1ccn2nccc2c1.c1ccn2ncnc2c1.c1cn2ccnc2cn1.c1cnc2[nH]ncc2c1.c1cnc2nc[nH]c2c1.c1cnn2cccc2c1.c1ncc2[nH]cnc2n1. The van der Waals surface area contributed by atoms with Crippen LogP contribution in [-0.2, 0) is 13.0 Å². The summed E-state index contributed by atoms with van der Waals surface area (Å²) in [6.45, 7) is 1.24. The van der Waals surface area contributed by atoms with Gasteiger partial charge in [-0.05, 0) is 193 Å². The second kappa shape index (κ2) is 50.4. The zero-order valence-corrected chi connectivity index (χ0v) is 76.5. The van der Waals surface area contributed by atoms with Gasteiger partial charge in [-0.25, -0.2) is 83.3 Å². The van der Waals surface area contributed by atoms with Crippen LogP contribution in [0, 0.1) is 0 Å². The molecule has 32 rings (SSSR count). The molecule has 0 bridgehead atoms. The lowest BCUT2D eigenvalue weighted by atomic mass is 10.2. The predicted octanol–water partition coefficient (Wildman–Crippen LogP) is 18.0. The van der Waals surface area contributed by atoms with Gasteiger partial charge < -0.3 is 47.1 Å². The summed E-state index contributed by atoms with van der Waals surface area (Å²) < 4.78 is 19.4. The first-order valence-electron chi connectivity index (χ1n) is 44.6. The Kier molecular flexibility index (Phi) is 33.1. The maximum absolute atomic E-state index is 4.08. The number of benzene rings is 1. The van der Waals surface area contributed by atoms with Crippen molar-refractivity contribution in [1.82, 2.24) is 190 Å². The molecule has 0 saturated heterocycles. The van der Waals surface area contributed by atoms with Crippen molar-refractivity contribution >= 4 is 117 Å². The Hall–Kier alpha value is -20.9. The lowest BCUT2D eigenvalue weighted by Crippen LogP contribution is -1.86. The molecule has 30 aromatic heterocycles. The second-order valence-electron chi connectivity index (χ2n) is 30.0. The maximum atomic E-state index is 4.08. The summed E-state index contributed by atoms with van der Waals surface area (Å²) in [5, 5.41) is 29.7. The molecule has 0 aliphatic carbocycles. The van der Waals surface area contributed by atoms with Gasteiger partial charge in [0.2, 0.25) is 0 Å². The third-order valence-corrected chi connectivity index (χ3v) is 20.6. The highest BCUT2D eigenvalue weighted by molar-refractivity contribution is 5.81. The molecular formula is C104H91N39. The summed E-state index contributed by atoms with van der Waals surface area (Å²) in [7, 11) is 0. The molecule has 0 radical (unpaired) electrons. The van der Waals surface area contributed by atoms with Gasteiger partial charge in [-0.15, -0.1) is 10.2 Å². The number of H-pyrrole nitrogens is 6. The molecular weight excluding hydrogens is 1800 g/mol. The maximum Gasteiger partial charge on any atom is 0.180 e. The van der Waals surface area contributed by atoms with Gasteiger partial charge in [-0.2, -0.15) is 20.4 Å². The summed E-state index contributed by atoms with van der Waals surface area (Å²) in [5.74, 6) is 0. The van der Waals surface area contributed by atoms with Crippen molar-refractivity contribution in [3.05, 3.63) is 491 Å². The summed E-state index contributed by atoms with van der Waals surface area (Å²) >= 11 is 0. The fourth-order valence-electron chi connectivity index (χ4n) is 13.7. The predicted molar refractivity (Wildman–Crippen MR) is 548 cm³/mol. The first-order chi connectivity index (χ1) is 71.0.